The van der Waals surface area contributed by atoms with Crippen molar-refractivity contribution in [1.29, 1.82) is 0 Å². The van der Waals surface area contributed by atoms with E-state index in [4.69, 9.17) is 14.2 Å². The second-order valence-corrected chi connectivity index (χ2v) is 12.4. The number of hydrogen-bond acceptors (Lipinski definition) is 3. The van der Waals surface area contributed by atoms with Crippen LogP contribution in [0.15, 0.2) is 84.9 Å². The van der Waals surface area contributed by atoms with Crippen molar-refractivity contribution in [2.24, 2.45) is 0 Å². The molecule has 0 saturated carbocycles. The first-order valence-corrected chi connectivity index (χ1v) is 16.8. The Hall–Kier alpha value is -3.82. The molecule has 0 aromatic heterocycles. The molecule has 4 rings (SSSR count). The van der Waals surface area contributed by atoms with E-state index in [1.165, 1.54) is 11.1 Å². The topological polar surface area (TPSA) is 27.7 Å². The molecule has 0 amide bonds. The Labute approximate surface area is 285 Å². The normalized spacial score (nSPS) is 12.0. The molecule has 0 saturated heterocycles. The van der Waals surface area contributed by atoms with Crippen molar-refractivity contribution in [3.05, 3.63) is 129 Å². The Bertz CT molecular complexity index is 1460. The highest BCUT2D eigenvalue weighted by Gasteiger charge is 2.28. The van der Waals surface area contributed by atoms with E-state index in [0.29, 0.717) is 35.5 Å². The van der Waals surface area contributed by atoms with Gasteiger partial charge in [0.05, 0.1) is 13.2 Å². The summed E-state index contributed by atoms with van der Waals surface area (Å²) in [6.45, 7) is 1.17. The maximum Gasteiger partial charge on any atom is 0.411 e. The molecule has 0 aliphatic rings. The maximum absolute atomic E-state index is 12.8. The third kappa shape index (κ3) is 13.5. The Morgan fingerprint density at radius 3 is 1.16 bits per heavy atom. The molecule has 0 atom stereocenters. The summed E-state index contributed by atoms with van der Waals surface area (Å²) in [5.74, 6) is 1.04. The summed E-state index contributed by atoms with van der Waals surface area (Å²) in [7, 11) is 0. The first-order valence-electron chi connectivity index (χ1n) is 16.8. The van der Waals surface area contributed by atoms with Crippen LogP contribution in [0.2, 0.25) is 0 Å². The Kier molecular flexibility index (Phi) is 14.2. The van der Waals surface area contributed by atoms with Crippen LogP contribution in [-0.2, 0) is 48.4 Å². The molecule has 264 valence electrons. The fourth-order valence-corrected chi connectivity index (χ4v) is 5.46. The highest BCUT2D eigenvalue weighted by molar-refractivity contribution is 5.47. The molecule has 0 heterocycles. The molecule has 0 fully saturated rings. The molecule has 0 aliphatic carbocycles. The van der Waals surface area contributed by atoms with Crippen LogP contribution in [0.25, 0.3) is 0 Å². The van der Waals surface area contributed by atoms with E-state index in [-0.39, 0.29) is 13.2 Å². The van der Waals surface area contributed by atoms with Crippen molar-refractivity contribution in [3.63, 3.8) is 0 Å². The van der Waals surface area contributed by atoms with Crippen LogP contribution in [0, 0.1) is 0 Å². The first kappa shape index (κ1) is 38.0. The number of halogens is 6. The van der Waals surface area contributed by atoms with Gasteiger partial charge in [-0.25, -0.2) is 0 Å². The van der Waals surface area contributed by atoms with Gasteiger partial charge in [0.2, 0.25) is 0 Å². The van der Waals surface area contributed by atoms with Gasteiger partial charge in [0.25, 0.3) is 0 Å². The van der Waals surface area contributed by atoms with E-state index in [1.807, 2.05) is 24.3 Å². The van der Waals surface area contributed by atoms with Crippen molar-refractivity contribution >= 4 is 0 Å². The molecule has 49 heavy (non-hydrogen) atoms. The second kappa shape index (κ2) is 18.3. The lowest BCUT2D eigenvalue weighted by Crippen LogP contribution is -2.16. The predicted octanol–water partition coefficient (Wildman–Crippen LogP) is 11.5. The van der Waals surface area contributed by atoms with Crippen LogP contribution in [0.5, 0.6) is 11.5 Å². The summed E-state index contributed by atoms with van der Waals surface area (Å²) >= 11 is 0. The van der Waals surface area contributed by atoms with E-state index < -0.39 is 25.6 Å². The minimum Gasteiger partial charge on any atom is -0.457 e. The minimum absolute atomic E-state index is 0.213. The average Bonchev–Trinajstić information content (AvgIpc) is 3.05. The lowest BCUT2D eigenvalue weighted by molar-refractivity contribution is -0.177. The van der Waals surface area contributed by atoms with Crippen molar-refractivity contribution < 1.29 is 40.6 Å². The van der Waals surface area contributed by atoms with Crippen LogP contribution in [0.4, 0.5) is 26.3 Å². The summed E-state index contributed by atoms with van der Waals surface area (Å²) in [6.07, 6.45) is -1.58. The van der Waals surface area contributed by atoms with Gasteiger partial charge in [-0.15, -0.1) is 0 Å². The summed E-state index contributed by atoms with van der Waals surface area (Å²) < 4.78 is 92.9. The highest BCUT2D eigenvalue weighted by Crippen LogP contribution is 2.33. The highest BCUT2D eigenvalue weighted by atomic mass is 19.4. The van der Waals surface area contributed by atoms with Crippen LogP contribution >= 0.6 is 0 Å². The molecule has 0 spiro atoms. The van der Waals surface area contributed by atoms with Crippen LogP contribution < -0.4 is 4.74 Å². The molecule has 9 heteroatoms. The number of benzene rings is 4. The number of aryl methyl sites for hydroxylation is 2. The molecule has 0 N–H and O–H groups in total. The number of ether oxygens (including phenoxy) is 3. The maximum atomic E-state index is 12.8. The van der Waals surface area contributed by atoms with Gasteiger partial charge in [0.1, 0.15) is 24.7 Å². The fraction of sp³-hybridized carbons (Fsp3) is 0.400. The molecule has 0 radical (unpaired) electrons. The Balaban J connectivity index is 1.63. The van der Waals surface area contributed by atoms with Crippen LogP contribution in [0.1, 0.15) is 84.0 Å². The van der Waals surface area contributed by atoms with Crippen molar-refractivity contribution in [1.82, 2.24) is 0 Å². The average molecular weight is 687 g/mol. The van der Waals surface area contributed by atoms with Gasteiger partial charge in [-0.3, -0.25) is 0 Å². The molecule has 4 aromatic carbocycles. The predicted molar refractivity (Wildman–Crippen MR) is 180 cm³/mol. The Morgan fingerprint density at radius 1 is 0.469 bits per heavy atom. The molecule has 4 aromatic rings. The van der Waals surface area contributed by atoms with Gasteiger partial charge < -0.3 is 14.2 Å². The zero-order valence-electron chi connectivity index (χ0n) is 28.1. The van der Waals surface area contributed by atoms with E-state index >= 15 is 0 Å². The monoisotopic (exact) mass is 686 g/mol. The lowest BCUT2D eigenvalue weighted by Gasteiger charge is -2.18. The summed E-state index contributed by atoms with van der Waals surface area (Å²) in [5.41, 5.74) is 7.17. The molecule has 0 bridgehead atoms. The van der Waals surface area contributed by atoms with E-state index in [1.54, 1.807) is 36.4 Å². The van der Waals surface area contributed by atoms with Crippen LogP contribution in [-0.4, -0.2) is 25.6 Å². The van der Waals surface area contributed by atoms with E-state index in [0.717, 1.165) is 60.8 Å². The summed E-state index contributed by atoms with van der Waals surface area (Å²) in [6, 6.07) is 27.0. The minimum atomic E-state index is -4.43. The van der Waals surface area contributed by atoms with Gasteiger partial charge >= 0.3 is 12.4 Å². The fourth-order valence-electron chi connectivity index (χ4n) is 5.46. The number of unbranched alkanes of at least 4 members (excludes halogenated alkanes) is 2. The first-order chi connectivity index (χ1) is 23.4. The standard InChI is InChI=1S/C40H44F6O3/c1-3-5-7-29-9-13-31(14-10-29)21-35-23-33(25-47-27-39(41,42)43)17-19-37(35)49-38-20-18-34(26-48-28-40(44,45)46)24-36(38)22-32-15-11-30(12-16-32)8-6-4-2/h9-20,23-24H,3-8,21-22,25-28H2,1-2H3. The third-order valence-corrected chi connectivity index (χ3v) is 8.01. The molecule has 0 unspecified atom stereocenters. The van der Waals surface area contributed by atoms with Gasteiger partial charge in [0, 0.05) is 12.8 Å². The van der Waals surface area contributed by atoms with Crippen molar-refractivity contribution in [2.45, 2.75) is 90.8 Å². The SMILES string of the molecule is CCCCc1ccc(Cc2cc(COCC(F)(F)F)ccc2Oc2ccc(COCC(F)(F)F)cc2Cc2ccc(CCCC)cc2)cc1. The molecular weight excluding hydrogens is 642 g/mol. The zero-order valence-corrected chi connectivity index (χ0v) is 28.1. The van der Waals surface area contributed by atoms with Gasteiger partial charge in [-0.05, 0) is 94.5 Å². The largest absolute Gasteiger partial charge is 0.457 e. The number of alkyl halides is 6. The van der Waals surface area contributed by atoms with Crippen LogP contribution in [0.3, 0.4) is 0 Å². The quantitative estimate of drug-likeness (QED) is 0.0975. The lowest BCUT2D eigenvalue weighted by atomic mass is 9.98. The third-order valence-electron chi connectivity index (χ3n) is 8.01. The summed E-state index contributed by atoms with van der Waals surface area (Å²) in [5, 5.41) is 0. The molecule has 0 aliphatic heterocycles. The van der Waals surface area contributed by atoms with Gasteiger partial charge in [0.15, 0.2) is 0 Å². The summed E-state index contributed by atoms with van der Waals surface area (Å²) in [4.78, 5) is 0. The van der Waals surface area contributed by atoms with E-state index in [2.05, 4.69) is 38.1 Å². The number of hydrogen-bond donors (Lipinski definition) is 0. The molecular formula is C40H44F6O3. The van der Waals surface area contributed by atoms with Crippen molar-refractivity contribution in [2.75, 3.05) is 13.2 Å². The smallest absolute Gasteiger partial charge is 0.411 e. The van der Waals surface area contributed by atoms with Gasteiger partial charge in [-0.2, -0.15) is 26.3 Å². The molecule has 3 nitrogen and oxygen atoms in total. The van der Waals surface area contributed by atoms with Crippen molar-refractivity contribution in [3.8, 4) is 11.5 Å². The zero-order chi connectivity index (χ0) is 35.3. The number of rotatable bonds is 18. The second-order valence-electron chi connectivity index (χ2n) is 12.4. The van der Waals surface area contributed by atoms with Gasteiger partial charge in [-0.1, -0.05) is 87.4 Å². The van der Waals surface area contributed by atoms with E-state index in [9.17, 15) is 26.3 Å². The Morgan fingerprint density at radius 2 is 0.816 bits per heavy atom.